The molecule has 0 aromatic heterocycles. The molecule has 0 spiro atoms. The molecule has 6 heteroatoms. The maximum Gasteiger partial charge on any atom is 0.377 e. The SMILES string of the molecule is CCCCCCCCOC(=O)/C(OCC)=C(/OCC)C(=O)OCCCCCCCC. The number of ether oxygens (including phenoxy) is 4. The summed E-state index contributed by atoms with van der Waals surface area (Å²) in [4.78, 5) is 24.9. The molecule has 30 heavy (non-hydrogen) atoms. The first-order valence-electron chi connectivity index (χ1n) is 12.0. The van der Waals surface area contributed by atoms with Crippen molar-refractivity contribution in [2.75, 3.05) is 26.4 Å². The molecule has 0 aliphatic carbocycles. The Bertz CT molecular complexity index is 430. The minimum Gasteiger partial charge on any atom is -0.484 e. The Labute approximate surface area is 183 Å². The molecule has 0 aromatic carbocycles. The summed E-state index contributed by atoms with van der Waals surface area (Å²) in [7, 11) is 0. The highest BCUT2D eigenvalue weighted by atomic mass is 16.6. The summed E-state index contributed by atoms with van der Waals surface area (Å²) in [6, 6.07) is 0. The van der Waals surface area contributed by atoms with Gasteiger partial charge in [0.05, 0.1) is 26.4 Å². The summed E-state index contributed by atoms with van der Waals surface area (Å²) in [6.07, 6.45) is 13.1. The van der Waals surface area contributed by atoms with Crippen molar-refractivity contribution in [2.45, 2.75) is 105 Å². The van der Waals surface area contributed by atoms with Gasteiger partial charge in [-0.05, 0) is 26.7 Å². The van der Waals surface area contributed by atoms with Gasteiger partial charge in [0, 0.05) is 0 Å². The molecule has 0 fully saturated rings. The normalized spacial score (nSPS) is 11.6. The molecule has 0 aliphatic rings. The number of rotatable bonds is 20. The van der Waals surface area contributed by atoms with Crippen LogP contribution in [0.2, 0.25) is 0 Å². The maximum atomic E-state index is 12.5. The van der Waals surface area contributed by atoms with Crippen LogP contribution in [-0.2, 0) is 28.5 Å². The summed E-state index contributed by atoms with van der Waals surface area (Å²) in [5.74, 6) is -1.74. The van der Waals surface area contributed by atoms with E-state index in [-0.39, 0.29) is 24.7 Å². The van der Waals surface area contributed by atoms with Crippen molar-refractivity contribution in [1.82, 2.24) is 0 Å². The number of esters is 2. The van der Waals surface area contributed by atoms with E-state index in [1.54, 1.807) is 13.8 Å². The third kappa shape index (κ3) is 14.3. The summed E-state index contributed by atoms with van der Waals surface area (Å²) in [6.45, 7) is 8.89. The van der Waals surface area contributed by atoms with Crippen LogP contribution in [0.1, 0.15) is 105 Å². The smallest absolute Gasteiger partial charge is 0.377 e. The molecule has 0 heterocycles. The van der Waals surface area contributed by atoms with Crippen LogP contribution < -0.4 is 0 Å². The van der Waals surface area contributed by atoms with Gasteiger partial charge in [-0.3, -0.25) is 0 Å². The second kappa shape index (κ2) is 20.5. The van der Waals surface area contributed by atoms with Gasteiger partial charge >= 0.3 is 11.9 Å². The summed E-state index contributed by atoms with van der Waals surface area (Å²) in [5, 5.41) is 0. The Morgan fingerprint density at radius 1 is 0.467 bits per heavy atom. The lowest BCUT2D eigenvalue weighted by Gasteiger charge is -2.14. The predicted octanol–water partition coefficient (Wildman–Crippen LogP) is 6.08. The fraction of sp³-hybridized carbons (Fsp3) is 0.833. The molecule has 0 rings (SSSR count). The Balaban J connectivity index is 4.63. The number of hydrogen-bond donors (Lipinski definition) is 0. The molecule has 6 nitrogen and oxygen atoms in total. The van der Waals surface area contributed by atoms with Crippen molar-refractivity contribution in [3.63, 3.8) is 0 Å². The zero-order valence-corrected chi connectivity index (χ0v) is 19.8. The Morgan fingerprint density at radius 3 is 1.13 bits per heavy atom. The van der Waals surface area contributed by atoms with E-state index in [1.165, 1.54) is 38.5 Å². The second-order valence-electron chi connectivity index (χ2n) is 7.33. The summed E-state index contributed by atoms with van der Waals surface area (Å²) >= 11 is 0. The molecule has 0 aromatic rings. The lowest BCUT2D eigenvalue weighted by Crippen LogP contribution is -2.21. The third-order valence-corrected chi connectivity index (χ3v) is 4.62. The van der Waals surface area contributed by atoms with E-state index < -0.39 is 11.9 Å². The van der Waals surface area contributed by atoms with Gasteiger partial charge in [-0.15, -0.1) is 0 Å². The first-order valence-corrected chi connectivity index (χ1v) is 12.0. The van der Waals surface area contributed by atoms with E-state index in [0.717, 1.165) is 38.5 Å². The standard InChI is InChI=1S/C24H44O6/c1-5-9-11-13-15-17-19-29-23(25)21(27-7-3)22(28-8-4)24(26)30-20-18-16-14-12-10-6-2/h5-20H2,1-4H3/b22-21-. The molecule has 0 bridgehead atoms. The van der Waals surface area contributed by atoms with Crippen LogP contribution in [0.25, 0.3) is 0 Å². The molecule has 0 amide bonds. The molecule has 0 N–H and O–H groups in total. The minimum atomic E-state index is -0.676. The summed E-state index contributed by atoms with van der Waals surface area (Å²) in [5.41, 5.74) is 0. The average Bonchev–Trinajstić information content (AvgIpc) is 2.74. The zero-order chi connectivity index (χ0) is 22.5. The Kier molecular flexibility index (Phi) is 19.4. The van der Waals surface area contributed by atoms with Gasteiger partial charge in [0.15, 0.2) is 0 Å². The van der Waals surface area contributed by atoms with Gasteiger partial charge in [0.1, 0.15) is 0 Å². The van der Waals surface area contributed by atoms with Crippen LogP contribution in [0.5, 0.6) is 0 Å². The monoisotopic (exact) mass is 428 g/mol. The van der Waals surface area contributed by atoms with Crippen molar-refractivity contribution >= 4 is 11.9 Å². The maximum absolute atomic E-state index is 12.5. The van der Waals surface area contributed by atoms with Crippen molar-refractivity contribution < 1.29 is 28.5 Å². The van der Waals surface area contributed by atoms with Crippen LogP contribution in [0.3, 0.4) is 0 Å². The largest absolute Gasteiger partial charge is 0.484 e. The molecular formula is C24H44O6. The molecule has 0 saturated carbocycles. The number of carbonyl (C=O) groups is 2. The van der Waals surface area contributed by atoms with Crippen LogP contribution in [0.4, 0.5) is 0 Å². The highest BCUT2D eigenvalue weighted by Crippen LogP contribution is 2.15. The predicted molar refractivity (Wildman–Crippen MR) is 119 cm³/mol. The first kappa shape index (κ1) is 28.3. The van der Waals surface area contributed by atoms with Crippen molar-refractivity contribution in [3.05, 3.63) is 11.5 Å². The van der Waals surface area contributed by atoms with Gasteiger partial charge in [-0.2, -0.15) is 0 Å². The Hall–Kier alpha value is -1.72. The fourth-order valence-electron chi connectivity index (χ4n) is 2.95. The van der Waals surface area contributed by atoms with Gasteiger partial charge in [0.2, 0.25) is 0 Å². The van der Waals surface area contributed by atoms with E-state index in [9.17, 15) is 9.59 Å². The van der Waals surface area contributed by atoms with E-state index in [2.05, 4.69) is 13.8 Å². The molecule has 0 aliphatic heterocycles. The van der Waals surface area contributed by atoms with Crippen LogP contribution >= 0.6 is 0 Å². The van der Waals surface area contributed by atoms with Crippen LogP contribution in [-0.4, -0.2) is 38.4 Å². The number of unbranched alkanes of at least 4 members (excludes halogenated alkanes) is 10. The van der Waals surface area contributed by atoms with Gasteiger partial charge in [0.25, 0.3) is 11.5 Å². The minimum absolute atomic E-state index is 0.196. The molecule has 0 atom stereocenters. The number of carbonyl (C=O) groups excluding carboxylic acids is 2. The fourth-order valence-corrected chi connectivity index (χ4v) is 2.95. The van der Waals surface area contributed by atoms with Gasteiger partial charge in [-0.1, -0.05) is 78.1 Å². The lowest BCUT2D eigenvalue weighted by molar-refractivity contribution is -0.149. The molecular weight excluding hydrogens is 384 g/mol. The molecule has 0 unspecified atom stereocenters. The topological polar surface area (TPSA) is 71.1 Å². The lowest BCUT2D eigenvalue weighted by atomic mass is 10.1. The van der Waals surface area contributed by atoms with Gasteiger partial charge in [-0.25, -0.2) is 9.59 Å². The third-order valence-electron chi connectivity index (χ3n) is 4.62. The van der Waals surface area contributed by atoms with Crippen molar-refractivity contribution in [2.24, 2.45) is 0 Å². The highest BCUT2D eigenvalue weighted by molar-refractivity contribution is 5.97. The van der Waals surface area contributed by atoms with Crippen molar-refractivity contribution in [3.8, 4) is 0 Å². The zero-order valence-electron chi connectivity index (χ0n) is 19.8. The molecule has 176 valence electrons. The molecule has 0 saturated heterocycles. The van der Waals surface area contributed by atoms with Crippen LogP contribution in [0, 0.1) is 0 Å². The number of hydrogen-bond acceptors (Lipinski definition) is 6. The summed E-state index contributed by atoms with van der Waals surface area (Å²) < 4.78 is 21.4. The average molecular weight is 429 g/mol. The highest BCUT2D eigenvalue weighted by Gasteiger charge is 2.27. The second-order valence-corrected chi connectivity index (χ2v) is 7.33. The van der Waals surface area contributed by atoms with E-state index in [1.807, 2.05) is 0 Å². The van der Waals surface area contributed by atoms with E-state index in [4.69, 9.17) is 18.9 Å². The Morgan fingerprint density at radius 2 is 0.800 bits per heavy atom. The van der Waals surface area contributed by atoms with E-state index >= 15 is 0 Å². The first-order chi connectivity index (χ1) is 14.6. The van der Waals surface area contributed by atoms with E-state index in [0.29, 0.717) is 13.2 Å². The quantitative estimate of drug-likeness (QED) is 0.101. The van der Waals surface area contributed by atoms with Crippen LogP contribution in [0.15, 0.2) is 11.5 Å². The van der Waals surface area contributed by atoms with Crippen molar-refractivity contribution in [1.29, 1.82) is 0 Å². The van der Waals surface area contributed by atoms with Gasteiger partial charge < -0.3 is 18.9 Å². The molecule has 0 radical (unpaired) electrons.